The quantitative estimate of drug-likeness (QED) is 0.504. The Balaban J connectivity index is 1.18. The second-order valence-corrected chi connectivity index (χ2v) is 9.45. The van der Waals surface area contributed by atoms with E-state index in [0.29, 0.717) is 28.4 Å². The molecule has 0 spiro atoms. The van der Waals surface area contributed by atoms with Gasteiger partial charge in [0.05, 0.1) is 37.2 Å². The molecule has 3 heterocycles. The number of carbonyl (C=O) groups excluding carboxylic acids is 3. The van der Waals surface area contributed by atoms with Crippen molar-refractivity contribution in [2.24, 2.45) is 0 Å². The van der Waals surface area contributed by atoms with Gasteiger partial charge in [-0.25, -0.2) is 4.79 Å². The van der Waals surface area contributed by atoms with Gasteiger partial charge in [-0.2, -0.15) is 0 Å². The number of carbonyl (C=O) groups is 3. The average molecular weight is 509 g/mol. The largest absolute Gasteiger partial charge is 0.497 e. The van der Waals surface area contributed by atoms with Crippen LogP contribution in [0.3, 0.4) is 0 Å². The van der Waals surface area contributed by atoms with Crippen LogP contribution >= 0.6 is 11.8 Å². The average Bonchev–Trinajstić information content (AvgIpc) is 3.26. The number of nitrogens with one attached hydrogen (secondary N) is 2. The summed E-state index contributed by atoms with van der Waals surface area (Å²) in [5.74, 6) is 0.645. The van der Waals surface area contributed by atoms with Gasteiger partial charge in [-0.05, 0) is 41.8 Å². The van der Waals surface area contributed by atoms with E-state index in [1.54, 1.807) is 29.9 Å². The summed E-state index contributed by atoms with van der Waals surface area (Å²) in [6.07, 6.45) is -0.950. The highest BCUT2D eigenvalue weighted by Crippen LogP contribution is 2.35. The SMILES string of the molecule is COc1ccc2ccc(=O)n(CCC(=O)NCC3CN(c4ccc5c(c4)NC(=O)CS5)C(=O)O3)c2c1. The normalized spacial score (nSPS) is 16.9. The first-order valence-electron chi connectivity index (χ1n) is 11.4. The molecule has 0 saturated carbocycles. The highest BCUT2D eigenvalue weighted by Gasteiger charge is 2.33. The second kappa shape index (κ2) is 9.94. The third-order valence-corrected chi connectivity index (χ3v) is 7.14. The molecule has 1 saturated heterocycles. The van der Waals surface area contributed by atoms with Gasteiger partial charge in [0, 0.05) is 35.7 Å². The molecule has 2 aliphatic heterocycles. The van der Waals surface area contributed by atoms with Crippen LogP contribution in [0.15, 0.2) is 58.2 Å². The van der Waals surface area contributed by atoms with Gasteiger partial charge in [-0.1, -0.05) is 0 Å². The Morgan fingerprint density at radius 2 is 2.00 bits per heavy atom. The lowest BCUT2D eigenvalue weighted by Crippen LogP contribution is -2.35. The number of aryl methyl sites for hydroxylation is 1. The monoisotopic (exact) mass is 508 g/mol. The van der Waals surface area contributed by atoms with Gasteiger partial charge < -0.3 is 24.7 Å². The van der Waals surface area contributed by atoms with E-state index in [1.165, 1.54) is 22.7 Å². The smallest absolute Gasteiger partial charge is 0.414 e. The molecule has 2 aromatic carbocycles. The molecule has 186 valence electrons. The first-order chi connectivity index (χ1) is 17.4. The van der Waals surface area contributed by atoms with E-state index in [1.807, 2.05) is 24.3 Å². The maximum absolute atomic E-state index is 12.5. The van der Waals surface area contributed by atoms with E-state index in [4.69, 9.17) is 9.47 Å². The molecule has 1 unspecified atom stereocenters. The Morgan fingerprint density at radius 1 is 1.17 bits per heavy atom. The van der Waals surface area contributed by atoms with Crippen LogP contribution in [-0.2, 0) is 20.9 Å². The predicted molar refractivity (Wildman–Crippen MR) is 136 cm³/mol. The van der Waals surface area contributed by atoms with Crippen molar-refractivity contribution in [2.75, 3.05) is 36.2 Å². The number of aromatic nitrogens is 1. The van der Waals surface area contributed by atoms with Crippen LogP contribution in [0.2, 0.25) is 0 Å². The van der Waals surface area contributed by atoms with Crippen molar-refractivity contribution in [3.63, 3.8) is 0 Å². The number of fused-ring (bicyclic) bond motifs is 2. The molecule has 0 bridgehead atoms. The molecule has 36 heavy (non-hydrogen) atoms. The maximum Gasteiger partial charge on any atom is 0.414 e. The van der Waals surface area contributed by atoms with Gasteiger partial charge in [0.25, 0.3) is 5.56 Å². The van der Waals surface area contributed by atoms with Crippen LogP contribution in [0, 0.1) is 0 Å². The Labute approximate surface area is 210 Å². The highest BCUT2D eigenvalue weighted by atomic mass is 32.2. The molecule has 1 fully saturated rings. The fraction of sp³-hybridized carbons (Fsp3) is 0.280. The molecule has 5 rings (SSSR count). The minimum absolute atomic E-state index is 0.0841. The van der Waals surface area contributed by atoms with Crippen LogP contribution in [-0.4, -0.2) is 54.5 Å². The van der Waals surface area contributed by atoms with Crippen molar-refractivity contribution in [3.8, 4) is 5.75 Å². The number of nitrogens with zero attached hydrogens (tertiary/aromatic N) is 2. The topological polar surface area (TPSA) is 119 Å². The molecule has 2 N–H and O–H groups in total. The molecule has 2 aliphatic rings. The predicted octanol–water partition coefficient (Wildman–Crippen LogP) is 2.59. The van der Waals surface area contributed by atoms with Crippen LogP contribution in [0.25, 0.3) is 10.9 Å². The molecule has 3 amide bonds. The lowest BCUT2D eigenvalue weighted by Gasteiger charge is -2.20. The molecule has 0 radical (unpaired) electrons. The fourth-order valence-electron chi connectivity index (χ4n) is 4.23. The van der Waals surface area contributed by atoms with Crippen LogP contribution in [0.1, 0.15) is 6.42 Å². The van der Waals surface area contributed by atoms with Crippen molar-refractivity contribution >= 4 is 51.9 Å². The summed E-state index contributed by atoms with van der Waals surface area (Å²) in [4.78, 5) is 51.5. The summed E-state index contributed by atoms with van der Waals surface area (Å²) < 4.78 is 12.2. The van der Waals surface area contributed by atoms with Crippen molar-refractivity contribution in [2.45, 2.75) is 24.0 Å². The molecule has 3 aromatic rings. The number of rotatable bonds is 7. The van der Waals surface area contributed by atoms with E-state index in [2.05, 4.69) is 10.6 Å². The zero-order valence-electron chi connectivity index (χ0n) is 19.5. The number of anilines is 2. The van der Waals surface area contributed by atoms with Gasteiger partial charge in [0.15, 0.2) is 0 Å². The van der Waals surface area contributed by atoms with Crippen molar-refractivity contribution in [1.29, 1.82) is 0 Å². The van der Waals surface area contributed by atoms with Crippen molar-refractivity contribution < 1.29 is 23.9 Å². The number of hydrogen-bond donors (Lipinski definition) is 2. The number of benzene rings is 2. The maximum atomic E-state index is 12.5. The highest BCUT2D eigenvalue weighted by molar-refractivity contribution is 8.00. The summed E-state index contributed by atoms with van der Waals surface area (Å²) in [5.41, 5.74) is 1.76. The minimum Gasteiger partial charge on any atom is -0.497 e. The fourth-order valence-corrected chi connectivity index (χ4v) is 5.02. The van der Waals surface area contributed by atoms with Crippen LogP contribution in [0.4, 0.5) is 16.2 Å². The number of amides is 3. The molecular weight excluding hydrogens is 484 g/mol. The van der Waals surface area contributed by atoms with Gasteiger partial charge in [0.2, 0.25) is 11.8 Å². The standard InChI is InChI=1S/C25H24N4O6S/c1-34-17-5-2-15-3-7-24(32)28(20(15)11-17)9-8-22(30)26-12-18-13-29(25(33)35-18)16-4-6-21-19(10-16)27-23(31)14-36-21/h2-7,10-11,18H,8-9,12-14H2,1H3,(H,26,30)(H,27,31). The summed E-state index contributed by atoms with van der Waals surface area (Å²) >= 11 is 1.45. The van der Waals surface area contributed by atoms with E-state index in [9.17, 15) is 19.2 Å². The summed E-state index contributed by atoms with van der Waals surface area (Å²) in [7, 11) is 1.56. The number of thioether (sulfide) groups is 1. The molecule has 10 nitrogen and oxygen atoms in total. The number of methoxy groups -OCH3 is 1. The number of pyridine rings is 1. The lowest BCUT2D eigenvalue weighted by atomic mass is 10.2. The summed E-state index contributed by atoms with van der Waals surface area (Å²) in [6, 6.07) is 14.1. The first-order valence-corrected chi connectivity index (χ1v) is 12.4. The third kappa shape index (κ3) is 4.87. The van der Waals surface area contributed by atoms with Gasteiger partial charge in [-0.15, -0.1) is 11.8 Å². The first kappa shape index (κ1) is 23.7. The van der Waals surface area contributed by atoms with E-state index in [-0.39, 0.29) is 43.4 Å². The lowest BCUT2D eigenvalue weighted by molar-refractivity contribution is -0.121. The van der Waals surface area contributed by atoms with Gasteiger partial charge in [0.1, 0.15) is 11.9 Å². The zero-order valence-corrected chi connectivity index (χ0v) is 20.3. The molecule has 1 atom stereocenters. The number of ether oxygens (including phenoxy) is 2. The van der Waals surface area contributed by atoms with Crippen molar-refractivity contribution in [3.05, 3.63) is 58.9 Å². The molecule has 1 aromatic heterocycles. The number of cyclic esters (lactones) is 1. The van der Waals surface area contributed by atoms with E-state index < -0.39 is 12.2 Å². The van der Waals surface area contributed by atoms with Crippen molar-refractivity contribution in [1.82, 2.24) is 9.88 Å². The van der Waals surface area contributed by atoms with E-state index in [0.717, 1.165) is 10.3 Å². The molecular formula is C25H24N4O6S. The summed E-state index contributed by atoms with van der Waals surface area (Å²) in [5, 5.41) is 6.47. The Morgan fingerprint density at radius 3 is 2.83 bits per heavy atom. The Hall–Kier alpha value is -3.99. The zero-order chi connectivity index (χ0) is 25.2. The number of hydrogen-bond acceptors (Lipinski definition) is 7. The van der Waals surface area contributed by atoms with Gasteiger partial charge in [-0.3, -0.25) is 19.3 Å². The second-order valence-electron chi connectivity index (χ2n) is 8.44. The third-order valence-electron chi connectivity index (χ3n) is 6.07. The Kier molecular flexibility index (Phi) is 6.55. The van der Waals surface area contributed by atoms with Crippen LogP contribution in [0.5, 0.6) is 5.75 Å². The van der Waals surface area contributed by atoms with E-state index >= 15 is 0 Å². The van der Waals surface area contributed by atoms with Crippen LogP contribution < -0.4 is 25.8 Å². The minimum atomic E-state index is -0.522. The summed E-state index contributed by atoms with van der Waals surface area (Å²) in [6.45, 7) is 0.614. The molecule has 11 heteroatoms. The Bertz CT molecular complexity index is 1420. The van der Waals surface area contributed by atoms with Gasteiger partial charge >= 0.3 is 6.09 Å². The molecule has 0 aliphatic carbocycles.